The minimum Gasteiger partial charge on any atom is -0.350 e. The predicted octanol–water partition coefficient (Wildman–Crippen LogP) is 4.03. The van der Waals surface area contributed by atoms with Crippen molar-refractivity contribution in [3.63, 3.8) is 0 Å². The zero-order chi connectivity index (χ0) is 14.4. The molecule has 1 atom stereocenters. The van der Waals surface area contributed by atoms with Crippen molar-refractivity contribution in [2.24, 2.45) is 0 Å². The van der Waals surface area contributed by atoms with Crippen LogP contribution < -0.4 is 5.32 Å². The number of aromatic nitrogens is 1. The van der Waals surface area contributed by atoms with Crippen LogP contribution in [0.15, 0.2) is 48.5 Å². The fourth-order valence-electron chi connectivity index (χ4n) is 3.25. The van der Waals surface area contributed by atoms with Crippen molar-refractivity contribution in [1.29, 1.82) is 0 Å². The van der Waals surface area contributed by atoms with E-state index in [0.717, 1.165) is 28.5 Å². The Morgan fingerprint density at radius 3 is 2.67 bits per heavy atom. The summed E-state index contributed by atoms with van der Waals surface area (Å²) in [6, 6.07) is 16.4. The van der Waals surface area contributed by atoms with Crippen molar-refractivity contribution in [2.75, 3.05) is 0 Å². The summed E-state index contributed by atoms with van der Waals surface area (Å²) in [6.07, 6.45) is 0.880. The van der Waals surface area contributed by atoms with Crippen molar-refractivity contribution in [3.05, 3.63) is 59.8 Å². The van der Waals surface area contributed by atoms with E-state index in [1.807, 2.05) is 30.3 Å². The molecule has 2 N–H and O–H groups in total. The molecule has 0 unspecified atom stereocenters. The van der Waals surface area contributed by atoms with Crippen molar-refractivity contribution in [1.82, 2.24) is 10.3 Å². The quantitative estimate of drug-likeness (QED) is 0.692. The number of para-hydroxylation sites is 1. The highest BCUT2D eigenvalue weighted by Crippen LogP contribution is 2.39. The number of fused-ring (bicyclic) bond motifs is 5. The zero-order valence-corrected chi connectivity index (χ0v) is 11.8. The molecule has 0 bridgehead atoms. The molecule has 1 aromatic heterocycles. The summed E-state index contributed by atoms with van der Waals surface area (Å²) < 4.78 is 0. The van der Waals surface area contributed by atoms with Gasteiger partial charge in [-0.05, 0) is 23.6 Å². The van der Waals surface area contributed by atoms with E-state index in [9.17, 15) is 4.79 Å². The first kappa shape index (κ1) is 12.2. The van der Waals surface area contributed by atoms with E-state index in [2.05, 4.69) is 35.4 Å². The normalized spacial score (nSPS) is 17.0. The topological polar surface area (TPSA) is 44.9 Å². The maximum absolute atomic E-state index is 12.6. The molecule has 2 heterocycles. The highest BCUT2D eigenvalue weighted by atomic mass is 16.2. The SMILES string of the molecule is CC[C@@H]1NC(=O)c2[nH]c3ccccc3c2-c2ccccc21. The molecule has 0 saturated carbocycles. The van der Waals surface area contributed by atoms with Crippen molar-refractivity contribution >= 4 is 16.8 Å². The second-order valence-electron chi connectivity index (χ2n) is 5.44. The van der Waals surface area contributed by atoms with E-state index in [0.29, 0.717) is 5.69 Å². The van der Waals surface area contributed by atoms with Crippen molar-refractivity contribution in [3.8, 4) is 11.1 Å². The monoisotopic (exact) mass is 276 g/mol. The lowest BCUT2D eigenvalue weighted by Crippen LogP contribution is -2.27. The number of hydrogen-bond acceptors (Lipinski definition) is 1. The van der Waals surface area contributed by atoms with Crippen LogP contribution in [-0.2, 0) is 0 Å². The Balaban J connectivity index is 2.12. The number of hydrogen-bond donors (Lipinski definition) is 2. The number of nitrogens with one attached hydrogen (secondary N) is 2. The molecule has 1 amide bonds. The first-order chi connectivity index (χ1) is 10.3. The second-order valence-corrected chi connectivity index (χ2v) is 5.44. The van der Waals surface area contributed by atoms with Gasteiger partial charge in [0.2, 0.25) is 0 Å². The maximum atomic E-state index is 12.6. The second kappa shape index (κ2) is 4.48. The van der Waals surface area contributed by atoms with Crippen LogP contribution in [0.1, 0.15) is 35.4 Å². The number of benzene rings is 2. The average Bonchev–Trinajstić information content (AvgIpc) is 2.86. The summed E-state index contributed by atoms with van der Waals surface area (Å²) in [7, 11) is 0. The van der Waals surface area contributed by atoms with E-state index in [-0.39, 0.29) is 11.9 Å². The summed E-state index contributed by atoms with van der Waals surface area (Å²) in [5, 5.41) is 4.24. The van der Waals surface area contributed by atoms with Crippen LogP contribution in [0.4, 0.5) is 0 Å². The maximum Gasteiger partial charge on any atom is 0.268 e. The summed E-state index contributed by atoms with van der Waals surface area (Å²) in [5.74, 6) is -0.0238. The Kier molecular flexibility index (Phi) is 2.61. The molecule has 104 valence electrons. The molecule has 1 aliphatic rings. The van der Waals surface area contributed by atoms with E-state index in [1.54, 1.807) is 0 Å². The van der Waals surface area contributed by atoms with Gasteiger partial charge < -0.3 is 10.3 Å². The Morgan fingerprint density at radius 1 is 1.05 bits per heavy atom. The van der Waals surface area contributed by atoms with Crippen LogP contribution in [0.2, 0.25) is 0 Å². The molecule has 0 spiro atoms. The van der Waals surface area contributed by atoms with Gasteiger partial charge in [-0.2, -0.15) is 0 Å². The molecule has 4 rings (SSSR count). The fraction of sp³-hybridized carbons (Fsp3) is 0.167. The molecule has 3 aromatic rings. The smallest absolute Gasteiger partial charge is 0.268 e. The minimum absolute atomic E-state index is 0.0238. The largest absolute Gasteiger partial charge is 0.350 e. The number of carbonyl (C=O) groups is 1. The van der Waals surface area contributed by atoms with E-state index in [1.165, 1.54) is 5.56 Å². The summed E-state index contributed by atoms with van der Waals surface area (Å²) in [6.45, 7) is 2.10. The molecular formula is C18H16N2O. The lowest BCUT2D eigenvalue weighted by Gasteiger charge is -2.16. The Morgan fingerprint density at radius 2 is 1.81 bits per heavy atom. The highest BCUT2D eigenvalue weighted by Gasteiger charge is 2.28. The third-order valence-corrected chi connectivity index (χ3v) is 4.25. The van der Waals surface area contributed by atoms with Crippen LogP contribution in [0, 0.1) is 0 Å². The molecule has 3 heteroatoms. The summed E-state index contributed by atoms with van der Waals surface area (Å²) in [5.41, 5.74) is 5.03. The van der Waals surface area contributed by atoms with Gasteiger partial charge in [-0.25, -0.2) is 0 Å². The predicted molar refractivity (Wildman–Crippen MR) is 84.2 cm³/mol. The fourth-order valence-corrected chi connectivity index (χ4v) is 3.25. The van der Waals surface area contributed by atoms with E-state index >= 15 is 0 Å². The van der Waals surface area contributed by atoms with Gasteiger partial charge >= 0.3 is 0 Å². The van der Waals surface area contributed by atoms with Gasteiger partial charge in [0.1, 0.15) is 5.69 Å². The van der Waals surface area contributed by atoms with Gasteiger partial charge in [-0.1, -0.05) is 49.4 Å². The lowest BCUT2D eigenvalue weighted by atomic mass is 9.93. The average molecular weight is 276 g/mol. The highest BCUT2D eigenvalue weighted by molar-refractivity contribution is 6.11. The van der Waals surface area contributed by atoms with Gasteiger partial charge in [0.05, 0.1) is 6.04 Å². The van der Waals surface area contributed by atoms with Crippen molar-refractivity contribution < 1.29 is 4.79 Å². The first-order valence-corrected chi connectivity index (χ1v) is 7.30. The molecule has 0 radical (unpaired) electrons. The van der Waals surface area contributed by atoms with Crippen LogP contribution in [0.5, 0.6) is 0 Å². The Labute approximate surface area is 123 Å². The minimum atomic E-state index is -0.0238. The standard InChI is InChI=1S/C18H16N2O/c1-2-14-11-7-3-4-8-12(11)16-13-9-5-6-10-15(13)19-17(16)18(21)20-14/h3-10,14,19H,2H2,1H3,(H,20,21)/t14-/m0/s1. The summed E-state index contributed by atoms with van der Waals surface area (Å²) >= 11 is 0. The number of amides is 1. The molecule has 21 heavy (non-hydrogen) atoms. The number of rotatable bonds is 1. The Bertz CT molecular complexity index is 847. The first-order valence-electron chi connectivity index (χ1n) is 7.30. The van der Waals surface area contributed by atoms with Crippen LogP contribution >= 0.6 is 0 Å². The number of carbonyl (C=O) groups excluding carboxylic acids is 1. The van der Waals surface area contributed by atoms with E-state index < -0.39 is 0 Å². The zero-order valence-electron chi connectivity index (χ0n) is 11.8. The molecule has 3 nitrogen and oxygen atoms in total. The third-order valence-electron chi connectivity index (χ3n) is 4.25. The molecular weight excluding hydrogens is 260 g/mol. The van der Waals surface area contributed by atoms with Gasteiger partial charge in [-0.15, -0.1) is 0 Å². The molecule has 0 aliphatic carbocycles. The third kappa shape index (κ3) is 1.70. The van der Waals surface area contributed by atoms with Gasteiger partial charge in [0.15, 0.2) is 0 Å². The van der Waals surface area contributed by atoms with Crippen LogP contribution in [0.25, 0.3) is 22.0 Å². The molecule has 0 fully saturated rings. The molecule has 2 aromatic carbocycles. The Hall–Kier alpha value is -2.55. The van der Waals surface area contributed by atoms with Crippen LogP contribution in [0.3, 0.4) is 0 Å². The molecule has 1 aliphatic heterocycles. The van der Waals surface area contributed by atoms with Crippen LogP contribution in [-0.4, -0.2) is 10.9 Å². The molecule has 0 saturated heterocycles. The van der Waals surface area contributed by atoms with Gasteiger partial charge in [0, 0.05) is 16.5 Å². The summed E-state index contributed by atoms with van der Waals surface area (Å²) in [4.78, 5) is 15.8. The number of H-pyrrole nitrogens is 1. The van der Waals surface area contributed by atoms with Crippen molar-refractivity contribution in [2.45, 2.75) is 19.4 Å². The lowest BCUT2D eigenvalue weighted by molar-refractivity contribution is 0.0933. The number of aromatic amines is 1. The van der Waals surface area contributed by atoms with Gasteiger partial charge in [0.25, 0.3) is 5.91 Å². The van der Waals surface area contributed by atoms with Gasteiger partial charge in [-0.3, -0.25) is 4.79 Å². The van der Waals surface area contributed by atoms with E-state index in [4.69, 9.17) is 0 Å².